The van der Waals surface area contributed by atoms with Crippen LogP contribution in [0.25, 0.3) is 0 Å². The maximum absolute atomic E-state index is 11.1. The Bertz CT molecular complexity index is 361. The minimum absolute atomic E-state index is 0.397. The second kappa shape index (κ2) is 3.99. The third-order valence-corrected chi connectivity index (χ3v) is 2.39. The third kappa shape index (κ3) is 2.04. The molecule has 5 heteroatoms. The molecule has 0 spiro atoms. The van der Waals surface area contributed by atoms with E-state index in [4.69, 9.17) is 12.2 Å². The number of hydrogen-bond acceptors (Lipinski definition) is 3. The second-order valence-corrected chi connectivity index (χ2v) is 3.64. The Kier molecular flexibility index (Phi) is 3.21. The smallest absolute Gasteiger partial charge is 0.355 e. The maximum atomic E-state index is 11.1. The van der Waals surface area contributed by atoms with Gasteiger partial charge in [-0.1, -0.05) is 12.2 Å². The Morgan fingerprint density at radius 2 is 2.33 bits per heavy atom. The van der Waals surface area contributed by atoms with Crippen molar-refractivity contribution in [2.24, 2.45) is 0 Å². The monoisotopic (exact) mass is 295 g/mol. The van der Waals surface area contributed by atoms with Crippen molar-refractivity contribution in [1.29, 1.82) is 0 Å². The van der Waals surface area contributed by atoms with E-state index in [-0.39, 0.29) is 0 Å². The van der Waals surface area contributed by atoms with Crippen molar-refractivity contribution in [3.8, 4) is 0 Å². The highest BCUT2D eigenvalue weighted by molar-refractivity contribution is 14.1. The topological polar surface area (TPSA) is 42.1 Å². The number of rotatable bonds is 1. The molecule has 1 N–H and O–H groups in total. The molecule has 1 heterocycles. The lowest BCUT2D eigenvalue weighted by atomic mass is 10.4. The Morgan fingerprint density at radius 1 is 1.67 bits per heavy atom. The van der Waals surface area contributed by atoms with Crippen LogP contribution in [-0.4, -0.2) is 18.1 Å². The van der Waals surface area contributed by atoms with Gasteiger partial charge in [-0.15, -0.1) is 0 Å². The largest absolute Gasteiger partial charge is 0.464 e. The average molecular weight is 295 g/mol. The number of pyridine rings is 1. The van der Waals surface area contributed by atoms with Gasteiger partial charge < -0.3 is 9.72 Å². The zero-order valence-corrected chi connectivity index (χ0v) is 9.23. The van der Waals surface area contributed by atoms with E-state index in [1.54, 1.807) is 12.1 Å². The van der Waals surface area contributed by atoms with Crippen LogP contribution in [0.1, 0.15) is 10.5 Å². The summed E-state index contributed by atoms with van der Waals surface area (Å²) >= 11 is 6.90. The summed E-state index contributed by atoms with van der Waals surface area (Å²) in [5.74, 6) is -0.397. The summed E-state index contributed by atoms with van der Waals surface area (Å²) in [7, 11) is 1.34. The van der Waals surface area contributed by atoms with Crippen molar-refractivity contribution in [2.75, 3.05) is 7.11 Å². The molecule has 0 aliphatic heterocycles. The van der Waals surface area contributed by atoms with E-state index in [0.717, 1.165) is 3.57 Å². The molecular formula is C7H6INO2S. The fourth-order valence-corrected chi connectivity index (χ4v) is 1.41. The molecule has 0 amide bonds. The van der Waals surface area contributed by atoms with Crippen LogP contribution in [0.2, 0.25) is 0 Å². The van der Waals surface area contributed by atoms with Crippen LogP contribution in [0.15, 0.2) is 12.1 Å². The highest BCUT2D eigenvalue weighted by Gasteiger charge is 2.09. The number of halogens is 1. The van der Waals surface area contributed by atoms with Gasteiger partial charge in [0.05, 0.1) is 7.11 Å². The number of H-pyrrole nitrogens is 1. The van der Waals surface area contributed by atoms with Crippen molar-refractivity contribution in [3.63, 3.8) is 0 Å². The molecule has 0 bridgehead atoms. The Labute approximate surface area is 88.3 Å². The first-order valence-electron chi connectivity index (χ1n) is 3.12. The van der Waals surface area contributed by atoms with E-state index in [2.05, 4.69) is 9.72 Å². The molecule has 0 saturated heterocycles. The summed E-state index contributed by atoms with van der Waals surface area (Å²) in [4.78, 5) is 13.8. The van der Waals surface area contributed by atoms with Crippen molar-refractivity contribution < 1.29 is 9.53 Å². The van der Waals surface area contributed by atoms with Gasteiger partial charge in [-0.25, -0.2) is 4.79 Å². The number of esters is 1. The van der Waals surface area contributed by atoms with Crippen LogP contribution in [0, 0.1) is 8.21 Å². The molecule has 3 nitrogen and oxygen atoms in total. The van der Waals surface area contributed by atoms with Gasteiger partial charge >= 0.3 is 5.97 Å². The second-order valence-electron chi connectivity index (χ2n) is 2.04. The fourth-order valence-electron chi connectivity index (χ4n) is 0.707. The highest BCUT2D eigenvalue weighted by atomic mass is 127. The summed E-state index contributed by atoms with van der Waals surface area (Å²) in [6.07, 6.45) is 0. The molecule has 0 saturated carbocycles. The summed E-state index contributed by atoms with van der Waals surface area (Å²) < 4.78 is 5.87. The third-order valence-electron chi connectivity index (χ3n) is 1.26. The van der Waals surface area contributed by atoms with Crippen LogP contribution in [0.5, 0.6) is 0 Å². The quantitative estimate of drug-likeness (QED) is 0.490. The molecule has 0 unspecified atom stereocenters. The van der Waals surface area contributed by atoms with E-state index < -0.39 is 5.97 Å². The molecule has 0 atom stereocenters. The molecule has 0 aliphatic rings. The van der Waals surface area contributed by atoms with Gasteiger partial charge in [0.25, 0.3) is 0 Å². The van der Waals surface area contributed by atoms with E-state index in [1.165, 1.54) is 7.11 Å². The minimum Gasteiger partial charge on any atom is -0.464 e. The van der Waals surface area contributed by atoms with Gasteiger partial charge in [-0.2, -0.15) is 0 Å². The van der Waals surface area contributed by atoms with Crippen molar-refractivity contribution in [1.82, 2.24) is 4.98 Å². The predicted molar refractivity (Wildman–Crippen MR) is 55.7 cm³/mol. The molecule has 0 aliphatic carbocycles. The summed E-state index contributed by atoms with van der Waals surface area (Å²) in [5, 5.41) is 0. The number of hydrogen-bond donors (Lipinski definition) is 1. The van der Waals surface area contributed by atoms with Crippen molar-refractivity contribution >= 4 is 40.8 Å². The van der Waals surface area contributed by atoms with Crippen LogP contribution in [-0.2, 0) is 4.74 Å². The molecule has 0 aromatic carbocycles. The summed E-state index contributed by atoms with van der Waals surface area (Å²) in [6.45, 7) is 0. The number of nitrogens with one attached hydrogen (secondary N) is 1. The molecule has 1 aromatic rings. The fraction of sp³-hybridized carbons (Fsp3) is 0.143. The summed E-state index contributed by atoms with van der Waals surface area (Å²) in [5.41, 5.74) is 0.408. The van der Waals surface area contributed by atoms with E-state index >= 15 is 0 Å². The molecule has 1 rings (SSSR count). The zero-order valence-electron chi connectivity index (χ0n) is 6.26. The molecular weight excluding hydrogens is 289 g/mol. The SMILES string of the molecule is COC(=O)c1[nH]c(=S)ccc1I. The van der Waals surface area contributed by atoms with Crippen LogP contribution in [0.3, 0.4) is 0 Å². The zero-order chi connectivity index (χ0) is 9.14. The lowest BCUT2D eigenvalue weighted by Gasteiger charge is -2.00. The van der Waals surface area contributed by atoms with Gasteiger partial charge in [0, 0.05) is 3.57 Å². The van der Waals surface area contributed by atoms with Gasteiger partial charge in [0.1, 0.15) is 10.3 Å². The van der Waals surface area contributed by atoms with Gasteiger partial charge in [0.2, 0.25) is 0 Å². The number of aromatic amines is 1. The summed E-state index contributed by atoms with van der Waals surface area (Å²) in [6, 6.07) is 3.50. The van der Waals surface area contributed by atoms with Crippen LogP contribution >= 0.6 is 34.8 Å². The van der Waals surface area contributed by atoms with E-state index in [9.17, 15) is 4.79 Å². The predicted octanol–water partition coefficient (Wildman–Crippen LogP) is 2.14. The molecule has 0 radical (unpaired) electrons. The Morgan fingerprint density at radius 3 is 2.92 bits per heavy atom. The first-order valence-corrected chi connectivity index (χ1v) is 4.61. The van der Waals surface area contributed by atoms with Crippen molar-refractivity contribution in [3.05, 3.63) is 26.0 Å². The molecule has 12 heavy (non-hydrogen) atoms. The van der Waals surface area contributed by atoms with Gasteiger partial charge in [-0.3, -0.25) is 0 Å². The standard InChI is InChI=1S/C7H6INO2S/c1-11-7(10)6-4(8)2-3-5(12)9-6/h2-3H,1H3,(H,9,12). The highest BCUT2D eigenvalue weighted by Crippen LogP contribution is 2.09. The number of aromatic nitrogens is 1. The Balaban J connectivity index is 3.22. The number of carbonyl (C=O) groups is 1. The van der Waals surface area contributed by atoms with Crippen molar-refractivity contribution in [2.45, 2.75) is 0 Å². The van der Waals surface area contributed by atoms with Crippen LogP contribution in [0.4, 0.5) is 0 Å². The van der Waals surface area contributed by atoms with Gasteiger partial charge in [0.15, 0.2) is 0 Å². The number of ether oxygens (including phenoxy) is 1. The minimum atomic E-state index is -0.397. The Hall–Kier alpha value is -0.430. The average Bonchev–Trinajstić information content (AvgIpc) is 2.08. The molecule has 0 fully saturated rings. The van der Waals surface area contributed by atoms with E-state index in [0.29, 0.717) is 10.3 Å². The number of carbonyl (C=O) groups excluding carboxylic acids is 1. The van der Waals surface area contributed by atoms with Crippen LogP contribution < -0.4 is 0 Å². The lowest BCUT2D eigenvalue weighted by Crippen LogP contribution is -2.06. The van der Waals surface area contributed by atoms with E-state index in [1.807, 2.05) is 22.6 Å². The lowest BCUT2D eigenvalue weighted by molar-refractivity contribution is 0.0592. The maximum Gasteiger partial charge on any atom is 0.355 e. The normalized spacial score (nSPS) is 9.50. The first kappa shape index (κ1) is 9.66. The molecule has 64 valence electrons. The first-order chi connectivity index (χ1) is 5.65. The number of methoxy groups -OCH3 is 1. The van der Waals surface area contributed by atoms with Gasteiger partial charge in [-0.05, 0) is 34.7 Å². The molecule has 1 aromatic heterocycles.